The topological polar surface area (TPSA) is 351 Å². The number of nitrogens with two attached hydrogens (primary N) is 4. The number of likely N-dealkylation sites (N-methyl/N-ethyl adjacent to an activating group) is 2. The standard InChI is InChI=1S/C57H63Cl2N7O6.C57H61Cl2N7O6/c2*1-36-37(2)54(69)51(38(3)53(36)68)57(4,5)34-50(67)63(6)30-31-65(56(71)72-45-20-18-44(19-21-45)64(27-24-58)28-25-59)29-26-62-55(70)41-14-12-39(13-15-41)35-66-49-33-43(61)17-23-47(49)46-22-16-42(60)32-48(46)52(66)40-10-8-7-9-11-40/h7-23,32-33,61H,24-31,34-35,60H2,1-6H3,(H3,62,68,69,70);7-23,32-33,61H,24-31,34-35,60H2,1-6H3,(H,62,70)/p+2. The van der Waals surface area contributed by atoms with E-state index < -0.39 is 23.0 Å². The van der Waals surface area contributed by atoms with E-state index >= 15 is 0 Å². The maximum absolute atomic E-state index is 13.9. The van der Waals surface area contributed by atoms with Crippen LogP contribution in [0.25, 0.3) is 65.9 Å². The number of nitrogens with one attached hydrogen (secondary N) is 2. The van der Waals surface area contributed by atoms with Gasteiger partial charge >= 0.3 is 12.2 Å². The zero-order chi connectivity index (χ0) is 104. The molecule has 1 aliphatic rings. The van der Waals surface area contributed by atoms with Gasteiger partial charge < -0.3 is 82.7 Å². The summed E-state index contributed by atoms with van der Waals surface area (Å²) in [4.78, 5) is 119. The Hall–Kier alpha value is -14.4. The van der Waals surface area contributed by atoms with E-state index in [1.165, 1.54) is 19.6 Å². The summed E-state index contributed by atoms with van der Waals surface area (Å²) in [6.45, 7) is 21.4. The Kier molecular flexibility index (Phi) is 35.3. The Labute approximate surface area is 860 Å². The van der Waals surface area contributed by atoms with Gasteiger partial charge in [-0.3, -0.25) is 28.8 Å². The number of hydrogen-bond acceptors (Lipinski definition) is 18. The average molecular weight is 2030 g/mol. The highest BCUT2D eigenvalue weighted by Gasteiger charge is 2.40. The summed E-state index contributed by atoms with van der Waals surface area (Å²) in [5, 5.41) is 34.1. The lowest BCUT2D eigenvalue weighted by Crippen LogP contribution is -2.45. The van der Waals surface area contributed by atoms with Gasteiger partial charge in [0.25, 0.3) is 11.8 Å². The van der Waals surface area contributed by atoms with E-state index in [4.69, 9.17) is 78.8 Å². The van der Waals surface area contributed by atoms with E-state index in [1.807, 2.05) is 181 Å². The molecular formula is C114H126Cl4N14O12+2. The summed E-state index contributed by atoms with van der Waals surface area (Å²) in [7, 11) is 3.28. The average Bonchev–Trinajstić information content (AvgIpc) is 0.730. The number of anilines is 6. The van der Waals surface area contributed by atoms with E-state index in [0.29, 0.717) is 153 Å². The Balaban J connectivity index is 0.000000241. The van der Waals surface area contributed by atoms with Crippen molar-refractivity contribution in [1.29, 1.82) is 0 Å². The second kappa shape index (κ2) is 47.6. The number of Topliss-reactive ketones (excluding diaryl/α,β-unsaturated/α-hetero) is 2. The Morgan fingerprint density at radius 2 is 0.736 bits per heavy atom. The highest BCUT2D eigenvalue weighted by Crippen LogP contribution is 2.46. The molecular weight excluding hydrogens is 1900 g/mol. The molecule has 0 fully saturated rings. The summed E-state index contributed by atoms with van der Waals surface area (Å²) in [6, 6.07) is 72.9. The SMILES string of the molecule is CC1=C(C)C(=O)C(C(C)(C)CC(=O)N(C)CCN(CCNC(=O)c2ccc(C[n+]3c(-c4ccccc4)c4cc(N)ccc4c4ccc(N)cc43)cc2)C(=O)Oc2ccc(N(CCCl)CCCl)cc2)=C(C)C1=O.Cc1c(C)c(O)c(C(C)(C)CC(=O)N(C)CCN(CCNC(=O)c2ccc(C[n+]3c(-c4ccccc4)c4cc(N)ccc4c4ccc(N)cc43)cc2)C(=O)Oc2ccc(N(CCCl)CCCl)cc2)c(C)c1O. The second-order valence-corrected chi connectivity index (χ2v) is 39.2. The van der Waals surface area contributed by atoms with Gasteiger partial charge in [0.2, 0.25) is 34.2 Å². The minimum absolute atomic E-state index is 0.0193. The third-order valence-electron chi connectivity index (χ3n) is 26.9. The molecule has 0 unspecified atom stereocenters. The normalized spacial score (nSPS) is 12.2. The van der Waals surface area contributed by atoms with Crippen LogP contribution in [0.3, 0.4) is 0 Å². The van der Waals surface area contributed by atoms with Crippen LogP contribution in [0.2, 0.25) is 0 Å². The number of halogens is 4. The fraction of sp³-hybridized carbons (Fsp3) is 0.298. The Morgan fingerprint density at radius 1 is 0.382 bits per heavy atom. The largest absolute Gasteiger partial charge is 0.507 e. The van der Waals surface area contributed by atoms with Crippen molar-refractivity contribution < 1.29 is 67.2 Å². The first-order valence-corrected chi connectivity index (χ1v) is 50.1. The molecule has 13 aromatic rings. The minimum atomic E-state index is -0.946. The number of ketones is 2. The molecule has 1 aliphatic carbocycles. The number of phenolic OH excluding ortho intramolecular Hbond substituents is 2. The number of allylic oxidation sites excluding steroid dienone is 4. The number of ether oxygens (including phenoxy) is 2. The van der Waals surface area contributed by atoms with Gasteiger partial charge in [-0.1, -0.05) is 100 Å². The van der Waals surface area contributed by atoms with E-state index in [0.717, 1.165) is 88.4 Å². The van der Waals surface area contributed by atoms with Crippen LogP contribution in [0.15, 0.2) is 253 Å². The number of aromatic nitrogens is 2. The molecule has 14 rings (SSSR count). The van der Waals surface area contributed by atoms with Gasteiger partial charge in [0.15, 0.2) is 24.7 Å². The molecule has 2 heterocycles. The monoisotopic (exact) mass is 2020 g/mol. The van der Waals surface area contributed by atoms with Crippen molar-refractivity contribution in [3.05, 3.63) is 297 Å². The molecule has 144 heavy (non-hydrogen) atoms. The van der Waals surface area contributed by atoms with Crippen molar-refractivity contribution in [2.75, 3.05) is 149 Å². The number of amides is 6. The van der Waals surface area contributed by atoms with Crippen molar-refractivity contribution in [1.82, 2.24) is 30.2 Å². The Morgan fingerprint density at radius 3 is 1.12 bits per heavy atom. The van der Waals surface area contributed by atoms with Crippen molar-refractivity contribution in [2.24, 2.45) is 5.41 Å². The predicted octanol–water partition coefficient (Wildman–Crippen LogP) is 19.2. The number of nitrogens with zero attached hydrogens (tertiary/aromatic N) is 8. The van der Waals surface area contributed by atoms with Gasteiger partial charge in [0.05, 0.1) is 21.5 Å². The first kappa shape index (κ1) is 107. The van der Waals surface area contributed by atoms with E-state index in [2.05, 4.69) is 44.0 Å². The van der Waals surface area contributed by atoms with Gasteiger partial charge in [-0.05, 0) is 204 Å². The van der Waals surface area contributed by atoms with E-state index in [1.54, 1.807) is 118 Å². The fourth-order valence-electron chi connectivity index (χ4n) is 18.7. The fourth-order valence-corrected chi connectivity index (χ4v) is 19.5. The van der Waals surface area contributed by atoms with Crippen LogP contribution in [0.4, 0.5) is 43.7 Å². The first-order valence-electron chi connectivity index (χ1n) is 47.9. The van der Waals surface area contributed by atoms with Crippen LogP contribution >= 0.6 is 46.4 Å². The molecule has 0 spiro atoms. The molecule has 0 bridgehead atoms. The van der Waals surface area contributed by atoms with Gasteiger partial charge in [0.1, 0.15) is 23.0 Å². The lowest BCUT2D eigenvalue weighted by molar-refractivity contribution is -0.650. The number of nitrogen functional groups attached to an aromatic ring is 4. The van der Waals surface area contributed by atoms with Crippen LogP contribution in [0.5, 0.6) is 23.0 Å². The number of alkyl halides is 4. The number of hydrogen-bond donors (Lipinski definition) is 8. The van der Waals surface area contributed by atoms with Crippen molar-refractivity contribution in [3.63, 3.8) is 0 Å². The lowest BCUT2D eigenvalue weighted by Gasteiger charge is -2.33. The summed E-state index contributed by atoms with van der Waals surface area (Å²) in [6.07, 6.45) is -1.37. The van der Waals surface area contributed by atoms with Crippen molar-refractivity contribution in [3.8, 4) is 45.5 Å². The van der Waals surface area contributed by atoms with Crippen molar-refractivity contribution in [2.45, 2.75) is 101 Å². The molecule has 750 valence electrons. The van der Waals surface area contributed by atoms with Crippen LogP contribution < -0.4 is 62.0 Å². The molecule has 26 nitrogen and oxygen atoms in total. The van der Waals surface area contributed by atoms with Gasteiger partial charge in [-0.15, -0.1) is 46.4 Å². The molecule has 12 N–H and O–H groups in total. The zero-order valence-electron chi connectivity index (χ0n) is 83.5. The summed E-state index contributed by atoms with van der Waals surface area (Å²) < 4.78 is 16.2. The second-order valence-electron chi connectivity index (χ2n) is 37.7. The third kappa shape index (κ3) is 25.1. The highest BCUT2D eigenvalue weighted by atomic mass is 35.5. The summed E-state index contributed by atoms with van der Waals surface area (Å²) in [5.41, 5.74) is 40.4. The van der Waals surface area contributed by atoms with E-state index in [9.17, 15) is 48.6 Å². The number of phenols is 2. The van der Waals surface area contributed by atoms with Crippen LogP contribution in [0, 0.1) is 26.2 Å². The molecule has 0 saturated heterocycles. The van der Waals surface area contributed by atoms with Crippen LogP contribution in [-0.2, 0) is 37.7 Å². The smallest absolute Gasteiger partial charge is 0.415 e. The third-order valence-corrected chi connectivity index (χ3v) is 27.5. The number of benzene rings is 11. The maximum Gasteiger partial charge on any atom is 0.415 e. The van der Waals surface area contributed by atoms with Gasteiger partial charge in [-0.2, -0.15) is 9.13 Å². The number of pyridine rings is 2. The van der Waals surface area contributed by atoms with Gasteiger partial charge in [-0.25, -0.2) is 9.59 Å². The number of carbonyl (C=O) groups is 8. The number of rotatable bonds is 38. The van der Waals surface area contributed by atoms with Crippen LogP contribution in [-0.4, -0.2) is 193 Å². The summed E-state index contributed by atoms with van der Waals surface area (Å²) >= 11 is 24.1. The number of fused-ring (bicyclic) bond motifs is 6. The molecule has 2 aromatic heterocycles. The van der Waals surface area contributed by atoms with E-state index in [-0.39, 0.29) is 112 Å². The van der Waals surface area contributed by atoms with Crippen molar-refractivity contribution >= 4 is 171 Å². The molecule has 0 atom stereocenters. The number of aromatic hydroxyl groups is 2. The molecule has 0 saturated carbocycles. The zero-order valence-corrected chi connectivity index (χ0v) is 86.5. The lowest BCUT2D eigenvalue weighted by atomic mass is 9.71. The molecule has 30 heteroatoms. The molecule has 0 radical (unpaired) electrons. The highest BCUT2D eigenvalue weighted by molar-refractivity contribution is 6.25. The molecule has 11 aromatic carbocycles. The van der Waals surface area contributed by atoms with Crippen LogP contribution in [0.1, 0.15) is 115 Å². The molecule has 0 aliphatic heterocycles. The maximum atomic E-state index is 13.9. The molecule has 6 amide bonds. The quantitative estimate of drug-likeness (QED) is 0.00445. The number of carbonyl (C=O) groups excluding carboxylic acids is 8. The summed E-state index contributed by atoms with van der Waals surface area (Å²) in [5.74, 6) is 0.807. The minimum Gasteiger partial charge on any atom is -0.507 e. The predicted molar refractivity (Wildman–Crippen MR) is 579 cm³/mol. The van der Waals surface area contributed by atoms with Gasteiger partial charge in [0, 0.05) is 258 Å². The Bertz CT molecular complexity index is 6990. The first-order chi connectivity index (χ1) is 68.8.